The van der Waals surface area contributed by atoms with Crippen LogP contribution in [0.3, 0.4) is 0 Å². The van der Waals surface area contributed by atoms with Crippen LogP contribution < -0.4 is 16.8 Å². The Kier molecular flexibility index (Phi) is 4.81. The monoisotopic (exact) mass is 298 g/mol. The quantitative estimate of drug-likeness (QED) is 0.491. The number of hydrogen-bond donors (Lipinski definition) is 3. The third-order valence-corrected chi connectivity index (χ3v) is 3.72. The molecule has 0 spiro atoms. The summed E-state index contributed by atoms with van der Waals surface area (Å²) >= 11 is 0. The van der Waals surface area contributed by atoms with Gasteiger partial charge < -0.3 is 16.8 Å². The third-order valence-electron chi connectivity index (χ3n) is 2.10. The van der Waals surface area contributed by atoms with Crippen LogP contribution in [0.2, 0.25) is 0 Å². The molecule has 8 nitrogen and oxygen atoms in total. The molecular formula is C11H14N4O4S. The summed E-state index contributed by atoms with van der Waals surface area (Å²) < 4.78 is 23.8. The lowest BCUT2D eigenvalue weighted by atomic mass is 10.3. The van der Waals surface area contributed by atoms with E-state index in [4.69, 9.17) is 11.5 Å². The molecule has 0 aliphatic rings. The summed E-state index contributed by atoms with van der Waals surface area (Å²) in [5, 5.41) is 2.49. The third kappa shape index (κ3) is 4.69. The average molecular weight is 298 g/mol. The van der Waals surface area contributed by atoms with Gasteiger partial charge in [-0.2, -0.15) is 4.99 Å². The highest BCUT2D eigenvalue weighted by molar-refractivity contribution is 7.92. The summed E-state index contributed by atoms with van der Waals surface area (Å²) in [6.07, 6.45) is 0. The lowest BCUT2D eigenvalue weighted by molar-refractivity contribution is -0.115. The van der Waals surface area contributed by atoms with Crippen LogP contribution in [0.25, 0.3) is 0 Å². The Morgan fingerprint density at radius 3 is 2.20 bits per heavy atom. The van der Waals surface area contributed by atoms with Crippen LogP contribution in [0.1, 0.15) is 6.92 Å². The molecule has 108 valence electrons. The maximum Gasteiger partial charge on any atom is 0.264 e. The molecule has 1 aromatic rings. The molecule has 1 rings (SSSR count). The largest absolute Gasteiger partial charge is 0.370 e. The molecule has 0 aliphatic heterocycles. The highest BCUT2D eigenvalue weighted by atomic mass is 32.2. The number of anilines is 1. The molecule has 1 aromatic carbocycles. The smallest absolute Gasteiger partial charge is 0.264 e. The van der Waals surface area contributed by atoms with Crippen molar-refractivity contribution < 1.29 is 18.0 Å². The van der Waals surface area contributed by atoms with Crippen LogP contribution in [-0.2, 0) is 19.4 Å². The van der Waals surface area contributed by atoms with Crippen LogP contribution in [0.5, 0.6) is 0 Å². The van der Waals surface area contributed by atoms with Gasteiger partial charge in [-0.25, -0.2) is 8.42 Å². The van der Waals surface area contributed by atoms with Crippen LogP contribution in [0.4, 0.5) is 5.69 Å². The number of amides is 2. The van der Waals surface area contributed by atoms with Gasteiger partial charge in [0, 0.05) is 12.6 Å². The van der Waals surface area contributed by atoms with E-state index in [-0.39, 0.29) is 10.8 Å². The second-order valence-corrected chi connectivity index (χ2v) is 5.88. The predicted octanol–water partition coefficient (Wildman–Crippen LogP) is -0.781. The Bertz CT molecular complexity index is 646. The van der Waals surface area contributed by atoms with E-state index in [1.54, 1.807) is 0 Å². The van der Waals surface area contributed by atoms with Gasteiger partial charge in [0.05, 0.1) is 4.90 Å². The van der Waals surface area contributed by atoms with E-state index in [0.717, 1.165) is 0 Å². The number of rotatable bonds is 4. The molecule has 20 heavy (non-hydrogen) atoms. The van der Waals surface area contributed by atoms with Crippen molar-refractivity contribution >= 4 is 33.3 Å². The van der Waals surface area contributed by atoms with Gasteiger partial charge in [-0.05, 0) is 24.3 Å². The molecule has 0 aromatic heterocycles. The molecule has 0 fully saturated rings. The van der Waals surface area contributed by atoms with Crippen molar-refractivity contribution in [3.05, 3.63) is 24.3 Å². The van der Waals surface area contributed by atoms with E-state index in [1.807, 2.05) is 0 Å². The number of sulfone groups is 1. The molecule has 0 heterocycles. The standard InChI is InChI=1S/C11H14N4O4S/c1-7(16)14-8-2-4-9(5-3-8)20(18,19)6-10(17)15-11(12)13/h2-5H,6H2,1H3,(H,14,16)(H4,12,13,15,17). The lowest BCUT2D eigenvalue weighted by Gasteiger charge is -2.05. The van der Waals surface area contributed by atoms with E-state index in [9.17, 15) is 18.0 Å². The Morgan fingerprint density at radius 2 is 1.75 bits per heavy atom. The Balaban J connectivity index is 2.91. The van der Waals surface area contributed by atoms with Crippen LogP contribution in [-0.4, -0.2) is 31.9 Å². The fraction of sp³-hybridized carbons (Fsp3) is 0.182. The van der Waals surface area contributed by atoms with E-state index < -0.39 is 27.5 Å². The van der Waals surface area contributed by atoms with E-state index in [0.29, 0.717) is 5.69 Å². The molecule has 0 radical (unpaired) electrons. The first-order chi connectivity index (χ1) is 9.20. The van der Waals surface area contributed by atoms with Gasteiger partial charge in [-0.3, -0.25) is 9.59 Å². The number of carbonyl (C=O) groups is 2. The van der Waals surface area contributed by atoms with Crippen LogP contribution in [0.15, 0.2) is 34.2 Å². The van der Waals surface area contributed by atoms with Crippen molar-refractivity contribution in [2.24, 2.45) is 16.5 Å². The van der Waals surface area contributed by atoms with E-state index in [2.05, 4.69) is 10.3 Å². The van der Waals surface area contributed by atoms with E-state index in [1.165, 1.54) is 31.2 Å². The van der Waals surface area contributed by atoms with Crippen molar-refractivity contribution in [3.8, 4) is 0 Å². The molecule has 0 saturated carbocycles. The summed E-state index contributed by atoms with van der Waals surface area (Å²) in [7, 11) is -3.83. The van der Waals surface area contributed by atoms with Gasteiger partial charge in [0.25, 0.3) is 5.91 Å². The molecule has 5 N–H and O–H groups in total. The average Bonchev–Trinajstić information content (AvgIpc) is 2.26. The minimum Gasteiger partial charge on any atom is -0.370 e. The molecular weight excluding hydrogens is 284 g/mol. The molecule has 0 unspecified atom stereocenters. The second-order valence-electron chi connectivity index (χ2n) is 3.90. The molecule has 0 saturated heterocycles. The fourth-order valence-electron chi connectivity index (χ4n) is 1.37. The van der Waals surface area contributed by atoms with Crippen molar-refractivity contribution in [3.63, 3.8) is 0 Å². The van der Waals surface area contributed by atoms with Crippen molar-refractivity contribution in [2.45, 2.75) is 11.8 Å². The number of nitrogens with zero attached hydrogens (tertiary/aromatic N) is 1. The molecule has 0 atom stereocenters. The zero-order chi connectivity index (χ0) is 15.3. The Hall–Kier alpha value is -2.42. The molecule has 9 heteroatoms. The number of guanidine groups is 1. The van der Waals surface area contributed by atoms with Crippen molar-refractivity contribution in [1.29, 1.82) is 0 Å². The molecule has 0 aliphatic carbocycles. The zero-order valence-corrected chi connectivity index (χ0v) is 11.5. The first-order valence-corrected chi connectivity index (χ1v) is 7.09. The fourth-order valence-corrected chi connectivity index (χ4v) is 2.48. The van der Waals surface area contributed by atoms with Gasteiger partial charge in [0.15, 0.2) is 15.8 Å². The topological polar surface area (TPSA) is 145 Å². The highest BCUT2D eigenvalue weighted by Crippen LogP contribution is 2.15. The Morgan fingerprint density at radius 1 is 1.20 bits per heavy atom. The van der Waals surface area contributed by atoms with Gasteiger partial charge in [-0.15, -0.1) is 0 Å². The summed E-state index contributed by atoms with van der Waals surface area (Å²) in [6, 6.07) is 5.39. The summed E-state index contributed by atoms with van der Waals surface area (Å²) in [5.74, 6) is -2.55. The van der Waals surface area contributed by atoms with Crippen LogP contribution >= 0.6 is 0 Å². The number of nitrogens with two attached hydrogens (primary N) is 2. The minimum atomic E-state index is -3.83. The second kappa shape index (κ2) is 6.15. The number of carbonyl (C=O) groups excluding carboxylic acids is 2. The molecule has 2 amide bonds. The van der Waals surface area contributed by atoms with Crippen LogP contribution in [0, 0.1) is 0 Å². The summed E-state index contributed by atoms with van der Waals surface area (Å²) in [5.41, 5.74) is 10.4. The van der Waals surface area contributed by atoms with Gasteiger partial charge in [0.1, 0.15) is 5.75 Å². The first kappa shape index (κ1) is 15.6. The summed E-state index contributed by atoms with van der Waals surface area (Å²) in [4.78, 5) is 25.2. The van der Waals surface area contributed by atoms with Gasteiger partial charge in [0.2, 0.25) is 5.91 Å². The maximum absolute atomic E-state index is 11.9. The zero-order valence-electron chi connectivity index (χ0n) is 10.7. The van der Waals surface area contributed by atoms with Crippen molar-refractivity contribution in [2.75, 3.05) is 11.1 Å². The lowest BCUT2D eigenvalue weighted by Crippen LogP contribution is -2.26. The van der Waals surface area contributed by atoms with Gasteiger partial charge >= 0.3 is 0 Å². The number of nitrogens with one attached hydrogen (secondary N) is 1. The maximum atomic E-state index is 11.9. The van der Waals surface area contributed by atoms with E-state index >= 15 is 0 Å². The number of benzene rings is 1. The first-order valence-electron chi connectivity index (χ1n) is 5.43. The predicted molar refractivity (Wildman–Crippen MR) is 73.6 cm³/mol. The number of aliphatic imine (C=N–C) groups is 1. The normalized spacial score (nSPS) is 10.7. The SMILES string of the molecule is CC(=O)Nc1ccc(S(=O)(=O)CC(=O)N=C(N)N)cc1. The molecule has 0 bridgehead atoms. The van der Waals surface area contributed by atoms with Crippen molar-refractivity contribution in [1.82, 2.24) is 0 Å². The number of hydrogen-bond acceptors (Lipinski definition) is 4. The van der Waals surface area contributed by atoms with Gasteiger partial charge in [-0.1, -0.05) is 0 Å². The minimum absolute atomic E-state index is 0.0641. The summed E-state index contributed by atoms with van der Waals surface area (Å²) in [6.45, 7) is 1.33. The highest BCUT2D eigenvalue weighted by Gasteiger charge is 2.19. The Labute approximate surface area is 115 Å².